The smallest absolute Gasteiger partial charge is 0.472 e. The first kappa shape index (κ1) is 54.4. The molecule has 0 bridgehead atoms. The van der Waals surface area contributed by atoms with Crippen molar-refractivity contribution in [2.45, 2.75) is 199 Å². The third kappa shape index (κ3) is 40.0. The van der Waals surface area contributed by atoms with E-state index < -0.39 is 57.6 Å². The molecular formula is C45H80NO10P. The molecule has 1 amide bonds. The Kier molecular flexibility index (Phi) is 38.4. The number of aliphatic carboxylic acids is 1. The average Bonchev–Trinajstić information content (AvgIpc) is 3.18. The maximum Gasteiger partial charge on any atom is 0.472 e. The molecule has 0 aliphatic carbocycles. The van der Waals surface area contributed by atoms with Crippen molar-refractivity contribution < 1.29 is 47.8 Å². The number of esters is 1. The summed E-state index contributed by atoms with van der Waals surface area (Å²) in [4.78, 5) is 45.9. The summed E-state index contributed by atoms with van der Waals surface area (Å²) in [5.41, 5.74) is 0. The topological polar surface area (TPSA) is 169 Å². The van der Waals surface area contributed by atoms with Crippen LogP contribution in [-0.2, 0) is 32.7 Å². The number of hydrogen-bond donors (Lipinski definition) is 4. The van der Waals surface area contributed by atoms with E-state index in [1.54, 1.807) is 0 Å². The van der Waals surface area contributed by atoms with Gasteiger partial charge in [0.05, 0.1) is 13.2 Å². The van der Waals surface area contributed by atoms with Crippen LogP contribution in [0.25, 0.3) is 0 Å². The number of carboxylic acids is 1. The summed E-state index contributed by atoms with van der Waals surface area (Å²) < 4.78 is 26.8. The minimum Gasteiger partial charge on any atom is -0.480 e. The number of amides is 1. The molecule has 0 aliphatic rings. The Balaban J connectivity index is 3.97. The number of carbonyl (C=O) groups excluding carboxylic acids is 2. The van der Waals surface area contributed by atoms with Gasteiger partial charge in [-0.3, -0.25) is 18.6 Å². The van der Waals surface area contributed by atoms with Crippen LogP contribution in [0.3, 0.4) is 0 Å². The lowest BCUT2D eigenvalue weighted by Crippen LogP contribution is -2.43. The van der Waals surface area contributed by atoms with Crippen LogP contribution in [0.4, 0.5) is 0 Å². The van der Waals surface area contributed by atoms with E-state index in [0.29, 0.717) is 12.8 Å². The summed E-state index contributed by atoms with van der Waals surface area (Å²) in [5, 5.41) is 21.8. The van der Waals surface area contributed by atoms with E-state index in [4.69, 9.17) is 13.8 Å². The normalized spacial score (nSPS) is 14.2. The number of nitrogens with one attached hydrogen (secondary N) is 1. The van der Waals surface area contributed by atoms with Crippen molar-refractivity contribution in [3.63, 3.8) is 0 Å². The van der Waals surface area contributed by atoms with Crippen LogP contribution in [0.2, 0.25) is 0 Å². The number of rotatable bonds is 41. The Bertz CT molecular complexity index is 1150. The summed E-state index contributed by atoms with van der Waals surface area (Å²) in [7, 11) is -4.76. The highest BCUT2D eigenvalue weighted by atomic mass is 31.2. The average molecular weight is 826 g/mol. The van der Waals surface area contributed by atoms with Gasteiger partial charge >= 0.3 is 19.8 Å². The summed E-state index contributed by atoms with van der Waals surface area (Å²) in [6, 6.07) is -1.56. The van der Waals surface area contributed by atoms with Gasteiger partial charge in [0.25, 0.3) is 0 Å². The van der Waals surface area contributed by atoms with Crippen LogP contribution in [0.1, 0.15) is 187 Å². The Morgan fingerprint density at radius 1 is 0.561 bits per heavy atom. The number of ether oxygens (including phenoxy) is 1. The Morgan fingerprint density at radius 3 is 1.47 bits per heavy atom. The van der Waals surface area contributed by atoms with Crippen molar-refractivity contribution in [2.75, 3.05) is 19.8 Å². The molecule has 0 aromatic heterocycles. The zero-order valence-corrected chi connectivity index (χ0v) is 36.5. The molecule has 0 fully saturated rings. The van der Waals surface area contributed by atoms with Crippen LogP contribution < -0.4 is 5.32 Å². The molecular weight excluding hydrogens is 745 g/mol. The van der Waals surface area contributed by atoms with Crippen molar-refractivity contribution in [1.82, 2.24) is 5.32 Å². The number of phosphoric acid groups is 1. The van der Waals surface area contributed by atoms with Gasteiger partial charge < -0.3 is 25.2 Å². The summed E-state index contributed by atoms with van der Waals surface area (Å²) in [6.45, 7) is 2.54. The SMILES string of the molecule is CCCCC/C=C\C/C=C\C/C=C\C/C=C\CCCCCC(=O)NC(COP(=O)(O)OCC(O)COC(=O)CCCCCCCCCCCCCCCC)C(=O)O. The molecule has 3 unspecified atom stereocenters. The molecule has 0 aromatic rings. The number of carboxylic acid groups (broad SMARTS) is 1. The number of hydrogen-bond acceptors (Lipinski definition) is 8. The molecule has 0 aromatic carbocycles. The van der Waals surface area contributed by atoms with E-state index in [1.165, 1.54) is 89.9 Å². The van der Waals surface area contributed by atoms with E-state index in [2.05, 4.69) is 67.8 Å². The van der Waals surface area contributed by atoms with Gasteiger partial charge in [-0.2, -0.15) is 0 Å². The van der Waals surface area contributed by atoms with Crippen LogP contribution >= 0.6 is 7.82 Å². The Hall–Kier alpha value is -2.56. The molecule has 11 nitrogen and oxygen atoms in total. The summed E-state index contributed by atoms with van der Waals surface area (Å²) in [5.74, 6) is -2.42. The van der Waals surface area contributed by atoms with Gasteiger partial charge in [0.15, 0.2) is 6.04 Å². The van der Waals surface area contributed by atoms with Crippen molar-refractivity contribution in [3.05, 3.63) is 48.6 Å². The number of aliphatic hydroxyl groups is 1. The predicted molar refractivity (Wildman–Crippen MR) is 231 cm³/mol. The fourth-order valence-corrected chi connectivity index (χ4v) is 6.66. The van der Waals surface area contributed by atoms with Gasteiger partial charge in [-0.1, -0.05) is 165 Å². The second kappa shape index (κ2) is 40.2. The molecule has 0 saturated carbocycles. The molecule has 0 radical (unpaired) electrons. The van der Waals surface area contributed by atoms with E-state index in [0.717, 1.165) is 57.8 Å². The van der Waals surface area contributed by atoms with E-state index in [9.17, 15) is 34.1 Å². The number of phosphoric ester groups is 1. The van der Waals surface area contributed by atoms with Crippen LogP contribution in [0.5, 0.6) is 0 Å². The fraction of sp³-hybridized carbons (Fsp3) is 0.756. The van der Waals surface area contributed by atoms with Crippen LogP contribution in [-0.4, -0.2) is 64.9 Å². The van der Waals surface area contributed by atoms with Gasteiger partial charge in [-0.05, 0) is 57.8 Å². The quantitative estimate of drug-likeness (QED) is 0.0201. The lowest BCUT2D eigenvalue weighted by molar-refractivity contribution is -0.147. The van der Waals surface area contributed by atoms with Crippen molar-refractivity contribution >= 4 is 25.7 Å². The molecule has 4 N–H and O–H groups in total. The molecule has 0 rings (SSSR count). The van der Waals surface area contributed by atoms with E-state index in [-0.39, 0.29) is 12.8 Å². The third-order valence-corrected chi connectivity index (χ3v) is 10.3. The number of allylic oxidation sites excluding steroid dienone is 8. The van der Waals surface area contributed by atoms with Gasteiger partial charge in [0, 0.05) is 12.8 Å². The highest BCUT2D eigenvalue weighted by Gasteiger charge is 2.28. The molecule has 0 aliphatic heterocycles. The molecule has 57 heavy (non-hydrogen) atoms. The minimum atomic E-state index is -4.76. The maximum atomic E-state index is 12.3. The third-order valence-electron chi connectivity index (χ3n) is 9.37. The molecule has 0 heterocycles. The lowest BCUT2D eigenvalue weighted by atomic mass is 10.0. The van der Waals surface area contributed by atoms with Crippen molar-refractivity contribution in [1.29, 1.82) is 0 Å². The lowest BCUT2D eigenvalue weighted by Gasteiger charge is -2.18. The van der Waals surface area contributed by atoms with Gasteiger partial charge in [-0.15, -0.1) is 0 Å². The molecule has 330 valence electrons. The first-order valence-corrected chi connectivity index (χ1v) is 23.7. The van der Waals surface area contributed by atoms with Crippen molar-refractivity contribution in [2.24, 2.45) is 0 Å². The first-order chi connectivity index (χ1) is 27.6. The number of carbonyl (C=O) groups is 3. The fourth-order valence-electron chi connectivity index (χ4n) is 5.89. The second-order valence-electron chi connectivity index (χ2n) is 14.9. The van der Waals surface area contributed by atoms with Gasteiger partial charge in [0.2, 0.25) is 5.91 Å². The summed E-state index contributed by atoms with van der Waals surface area (Å²) >= 11 is 0. The van der Waals surface area contributed by atoms with Gasteiger partial charge in [0.1, 0.15) is 12.7 Å². The second-order valence-corrected chi connectivity index (χ2v) is 16.3. The Labute approximate surface area is 345 Å². The largest absolute Gasteiger partial charge is 0.480 e. The van der Waals surface area contributed by atoms with E-state index in [1.807, 2.05) is 0 Å². The predicted octanol–water partition coefficient (Wildman–Crippen LogP) is 11.4. The van der Waals surface area contributed by atoms with Crippen molar-refractivity contribution in [3.8, 4) is 0 Å². The Morgan fingerprint density at radius 2 is 0.965 bits per heavy atom. The molecule has 3 atom stereocenters. The zero-order valence-electron chi connectivity index (χ0n) is 35.6. The highest BCUT2D eigenvalue weighted by molar-refractivity contribution is 7.47. The van der Waals surface area contributed by atoms with Crippen LogP contribution in [0, 0.1) is 0 Å². The molecule has 0 saturated heterocycles. The van der Waals surface area contributed by atoms with E-state index >= 15 is 0 Å². The highest BCUT2D eigenvalue weighted by Crippen LogP contribution is 2.43. The summed E-state index contributed by atoms with van der Waals surface area (Å²) in [6.07, 6.45) is 44.2. The molecule has 12 heteroatoms. The number of aliphatic hydroxyl groups excluding tert-OH is 1. The number of unbranched alkanes of at least 4 members (excludes halogenated alkanes) is 19. The molecule has 0 spiro atoms. The van der Waals surface area contributed by atoms with Crippen LogP contribution in [0.15, 0.2) is 48.6 Å². The zero-order chi connectivity index (χ0) is 42.1. The van der Waals surface area contributed by atoms with Gasteiger partial charge in [-0.25, -0.2) is 9.36 Å². The maximum absolute atomic E-state index is 12.3. The standard InChI is InChI=1S/C45H80NO10P/c1-3-5-7-9-11-13-15-17-19-20-21-22-23-24-26-28-30-32-34-36-43(48)46-42(45(50)51)40-56-57(52,53)55-39-41(47)38-54-44(49)37-35-33-31-29-27-25-18-16-14-12-10-8-6-4-2/h11,13,17,19,21-22,24,26,41-42,47H,3-10,12,14-16,18,20,23,25,27-40H2,1-2H3,(H,46,48)(H,50,51)(H,52,53)/b13-11-,19-17-,22-21-,26-24-. The minimum absolute atomic E-state index is 0.107. The first-order valence-electron chi connectivity index (χ1n) is 22.2. The monoisotopic (exact) mass is 826 g/mol.